The fourth-order valence-corrected chi connectivity index (χ4v) is 2.91. The number of hydrogen-bond donors (Lipinski definition) is 3. The molecular weight excluding hydrogens is 312 g/mol. The number of nitro groups is 1. The standard InChI is InChI=1S/C12H16N4O5S/c17-12(9-7-13-8-9)14-4-5-15-22(20,21)11-3-1-2-10(6-11)16(18)19/h1-3,6,9,13,15H,4-5,7-8H2,(H,14,17). The number of carbonyl (C=O) groups excluding carboxylic acids is 1. The first kappa shape index (κ1) is 16.3. The topological polar surface area (TPSA) is 130 Å². The molecule has 3 N–H and O–H groups in total. The Morgan fingerprint density at radius 2 is 2.09 bits per heavy atom. The first-order valence-electron chi connectivity index (χ1n) is 6.63. The summed E-state index contributed by atoms with van der Waals surface area (Å²) in [7, 11) is -3.84. The quantitative estimate of drug-likeness (QED) is 0.341. The highest BCUT2D eigenvalue weighted by atomic mass is 32.2. The van der Waals surface area contributed by atoms with Crippen LogP contribution in [-0.4, -0.2) is 45.4 Å². The highest BCUT2D eigenvalue weighted by molar-refractivity contribution is 7.89. The van der Waals surface area contributed by atoms with Crippen molar-refractivity contribution in [2.45, 2.75) is 4.90 Å². The maximum Gasteiger partial charge on any atom is 0.270 e. The number of nitro benzene ring substituents is 1. The van der Waals surface area contributed by atoms with Crippen LogP contribution >= 0.6 is 0 Å². The number of nitrogens with one attached hydrogen (secondary N) is 3. The number of non-ortho nitro benzene ring substituents is 1. The number of rotatable bonds is 7. The Labute approximate surface area is 127 Å². The van der Waals surface area contributed by atoms with E-state index in [9.17, 15) is 23.3 Å². The van der Waals surface area contributed by atoms with Crippen molar-refractivity contribution in [2.75, 3.05) is 26.2 Å². The molecule has 1 aliphatic rings. The molecule has 120 valence electrons. The van der Waals surface area contributed by atoms with Gasteiger partial charge in [-0.3, -0.25) is 14.9 Å². The molecule has 2 rings (SSSR count). The van der Waals surface area contributed by atoms with Gasteiger partial charge in [-0.2, -0.15) is 0 Å². The average molecular weight is 328 g/mol. The van der Waals surface area contributed by atoms with Gasteiger partial charge in [0.2, 0.25) is 15.9 Å². The molecule has 1 heterocycles. The van der Waals surface area contributed by atoms with Crippen LogP contribution in [0.15, 0.2) is 29.2 Å². The molecule has 1 aromatic rings. The van der Waals surface area contributed by atoms with E-state index in [4.69, 9.17) is 0 Å². The maximum atomic E-state index is 12.0. The second kappa shape index (κ2) is 6.81. The largest absolute Gasteiger partial charge is 0.354 e. The lowest BCUT2D eigenvalue weighted by Crippen LogP contribution is -2.51. The number of carbonyl (C=O) groups is 1. The zero-order valence-electron chi connectivity index (χ0n) is 11.6. The Morgan fingerprint density at radius 1 is 1.36 bits per heavy atom. The van der Waals surface area contributed by atoms with Gasteiger partial charge in [0.1, 0.15) is 0 Å². The predicted octanol–water partition coefficient (Wildman–Crippen LogP) is -0.791. The fourth-order valence-electron chi connectivity index (χ4n) is 1.84. The van der Waals surface area contributed by atoms with Gasteiger partial charge < -0.3 is 10.6 Å². The summed E-state index contributed by atoms with van der Waals surface area (Å²) in [6.45, 7) is 1.43. The monoisotopic (exact) mass is 328 g/mol. The van der Waals surface area contributed by atoms with Crippen LogP contribution in [0, 0.1) is 16.0 Å². The van der Waals surface area contributed by atoms with Crippen molar-refractivity contribution in [3.05, 3.63) is 34.4 Å². The summed E-state index contributed by atoms with van der Waals surface area (Å²) in [6.07, 6.45) is 0. The lowest BCUT2D eigenvalue weighted by atomic mass is 10.0. The van der Waals surface area contributed by atoms with Crippen LogP contribution < -0.4 is 15.4 Å². The van der Waals surface area contributed by atoms with Gasteiger partial charge in [-0.1, -0.05) is 6.07 Å². The average Bonchev–Trinajstić information content (AvgIpc) is 2.42. The van der Waals surface area contributed by atoms with Crippen LogP contribution in [0.1, 0.15) is 0 Å². The van der Waals surface area contributed by atoms with Gasteiger partial charge in [-0.15, -0.1) is 0 Å². The number of amides is 1. The molecule has 0 aromatic heterocycles. The second-order valence-electron chi connectivity index (χ2n) is 4.80. The van der Waals surface area contributed by atoms with Crippen LogP contribution in [0.5, 0.6) is 0 Å². The third-order valence-corrected chi connectivity index (χ3v) is 4.67. The minimum absolute atomic E-state index is 0.0108. The van der Waals surface area contributed by atoms with Crippen molar-refractivity contribution < 1.29 is 18.1 Å². The lowest BCUT2D eigenvalue weighted by Gasteiger charge is -2.25. The zero-order valence-corrected chi connectivity index (χ0v) is 12.4. The Hall–Kier alpha value is -2.04. The molecule has 0 radical (unpaired) electrons. The summed E-state index contributed by atoms with van der Waals surface area (Å²) in [6, 6.07) is 4.78. The fraction of sp³-hybridized carbons (Fsp3) is 0.417. The van der Waals surface area contributed by atoms with Gasteiger partial charge in [0.05, 0.1) is 15.7 Å². The van der Waals surface area contributed by atoms with Gasteiger partial charge in [0.25, 0.3) is 5.69 Å². The highest BCUT2D eigenvalue weighted by Gasteiger charge is 2.24. The van der Waals surface area contributed by atoms with Gasteiger partial charge in [-0.25, -0.2) is 13.1 Å². The summed E-state index contributed by atoms with van der Waals surface area (Å²) in [5.41, 5.74) is -0.298. The Bertz CT molecular complexity index is 672. The van der Waals surface area contributed by atoms with Crippen LogP contribution in [0.2, 0.25) is 0 Å². The van der Waals surface area contributed by atoms with Crippen molar-refractivity contribution in [1.82, 2.24) is 15.4 Å². The van der Waals surface area contributed by atoms with Crippen LogP contribution in [-0.2, 0) is 14.8 Å². The zero-order chi connectivity index (χ0) is 16.2. The van der Waals surface area contributed by atoms with E-state index >= 15 is 0 Å². The van der Waals surface area contributed by atoms with E-state index < -0.39 is 14.9 Å². The van der Waals surface area contributed by atoms with Crippen LogP contribution in [0.25, 0.3) is 0 Å². The second-order valence-corrected chi connectivity index (χ2v) is 6.57. The summed E-state index contributed by atoms with van der Waals surface area (Å²) in [4.78, 5) is 21.3. The van der Waals surface area contributed by atoms with E-state index in [1.54, 1.807) is 0 Å². The van der Waals surface area contributed by atoms with E-state index in [2.05, 4.69) is 15.4 Å². The summed E-state index contributed by atoms with van der Waals surface area (Å²) in [5, 5.41) is 16.2. The molecule has 0 aliphatic carbocycles. The Morgan fingerprint density at radius 3 is 2.68 bits per heavy atom. The van der Waals surface area contributed by atoms with E-state index in [0.717, 1.165) is 6.07 Å². The first-order valence-corrected chi connectivity index (χ1v) is 8.11. The minimum Gasteiger partial charge on any atom is -0.354 e. The first-order chi connectivity index (χ1) is 10.4. The van der Waals surface area contributed by atoms with Crippen molar-refractivity contribution in [3.8, 4) is 0 Å². The normalized spacial score (nSPS) is 15.1. The maximum absolute atomic E-state index is 12.0. The summed E-state index contributed by atoms with van der Waals surface area (Å²) < 4.78 is 26.3. The number of benzene rings is 1. The number of sulfonamides is 1. The molecular formula is C12H16N4O5S. The molecule has 1 fully saturated rings. The van der Waals surface area contributed by atoms with Crippen molar-refractivity contribution in [3.63, 3.8) is 0 Å². The van der Waals surface area contributed by atoms with Crippen molar-refractivity contribution in [1.29, 1.82) is 0 Å². The molecule has 0 unspecified atom stereocenters. The molecule has 10 heteroatoms. The van der Waals surface area contributed by atoms with E-state index in [-0.39, 0.29) is 35.5 Å². The molecule has 0 bridgehead atoms. The number of nitrogens with zero attached hydrogens (tertiary/aromatic N) is 1. The van der Waals surface area contributed by atoms with Gasteiger partial charge in [0.15, 0.2) is 0 Å². The molecule has 1 aromatic carbocycles. The Balaban J connectivity index is 1.86. The molecule has 0 saturated carbocycles. The van der Waals surface area contributed by atoms with Crippen LogP contribution in [0.3, 0.4) is 0 Å². The van der Waals surface area contributed by atoms with Gasteiger partial charge in [0, 0.05) is 38.3 Å². The van der Waals surface area contributed by atoms with E-state index in [1.165, 1.54) is 18.2 Å². The van der Waals surface area contributed by atoms with E-state index in [0.29, 0.717) is 13.1 Å². The smallest absolute Gasteiger partial charge is 0.270 e. The molecule has 0 atom stereocenters. The molecule has 0 spiro atoms. The lowest BCUT2D eigenvalue weighted by molar-refractivity contribution is -0.385. The summed E-state index contributed by atoms with van der Waals surface area (Å²) >= 11 is 0. The molecule has 1 amide bonds. The third-order valence-electron chi connectivity index (χ3n) is 3.21. The van der Waals surface area contributed by atoms with Crippen LogP contribution in [0.4, 0.5) is 5.69 Å². The van der Waals surface area contributed by atoms with E-state index in [1.807, 2.05) is 0 Å². The Kier molecular flexibility index (Phi) is 5.06. The van der Waals surface area contributed by atoms with Gasteiger partial charge >= 0.3 is 0 Å². The molecule has 9 nitrogen and oxygen atoms in total. The molecule has 22 heavy (non-hydrogen) atoms. The minimum atomic E-state index is -3.84. The van der Waals surface area contributed by atoms with Crippen molar-refractivity contribution in [2.24, 2.45) is 5.92 Å². The van der Waals surface area contributed by atoms with Gasteiger partial charge in [-0.05, 0) is 6.07 Å². The SMILES string of the molecule is O=C(NCCNS(=O)(=O)c1cccc([N+](=O)[O-])c1)C1CNC1. The third kappa shape index (κ3) is 4.00. The molecule has 1 saturated heterocycles. The summed E-state index contributed by atoms with van der Waals surface area (Å²) in [5.74, 6) is -0.179. The predicted molar refractivity (Wildman–Crippen MR) is 77.7 cm³/mol. The molecule has 1 aliphatic heterocycles. The number of hydrogen-bond acceptors (Lipinski definition) is 6. The highest BCUT2D eigenvalue weighted by Crippen LogP contribution is 2.16. The van der Waals surface area contributed by atoms with Crippen molar-refractivity contribution >= 4 is 21.6 Å².